The fraction of sp³-hybridized carbons (Fsp3) is 0.432. The Bertz CT molecular complexity index is 4040. The molecule has 1 N–H and O–H groups in total. The van der Waals surface area contributed by atoms with Crippen molar-refractivity contribution < 1.29 is 86.2 Å². The van der Waals surface area contributed by atoms with Gasteiger partial charge in [0, 0.05) is 25.4 Å². The summed E-state index contributed by atoms with van der Waals surface area (Å²) in [4.78, 5) is 129. The number of carbonyl (C=O) groups is 10. The van der Waals surface area contributed by atoms with Crippen LogP contribution in [0, 0.1) is 17.8 Å². The molecule has 0 radical (unpaired) electrons. The summed E-state index contributed by atoms with van der Waals surface area (Å²) in [6.45, 7) is 22.4. The summed E-state index contributed by atoms with van der Waals surface area (Å²) in [6, 6.07) is 54.7. The van der Waals surface area contributed by atoms with E-state index in [4.69, 9.17) is 33.2 Å². The number of carboxylic acids is 1. The highest BCUT2D eigenvalue weighted by atomic mass is 16.6. The van der Waals surface area contributed by atoms with Gasteiger partial charge in [0.25, 0.3) is 0 Å². The minimum Gasteiger partial charge on any atom is -0.480 e. The number of hydrogen-bond donors (Lipinski definition) is 1. The monoisotopic (exact) mass is 1510 g/mol. The molecule has 4 aliphatic heterocycles. The van der Waals surface area contributed by atoms with Crippen LogP contribution in [-0.2, 0) is 88.2 Å². The molecule has 7 atom stereocenters. The highest BCUT2D eigenvalue weighted by Gasteiger charge is 2.49. The van der Waals surface area contributed by atoms with Gasteiger partial charge in [-0.15, -0.1) is 0 Å². The normalized spacial score (nSPS) is 19.1. The molecule has 0 spiro atoms. The zero-order chi connectivity index (χ0) is 80.2. The van der Waals surface area contributed by atoms with Crippen molar-refractivity contribution in [3.05, 3.63) is 228 Å². The standard InChI is InChI=1S/C26H29NO5.C26H31NO4.C19H27NO4.C17H21NO5/c1-26(2,3)32-25(30)27-22(24(29)31-18-20-13-8-5-9-14-20)17-21(23(27)28)16-10-15-19-11-6-4-7-12-19;1-26(2,3)31-25(29)27-18-22(16-10-15-20-11-6-4-7-12-20)17-23(27)24(28)30-19-21-13-8-5-9-14-21;1-19(2,3)24-18(23)20-13-15(12-16(20)17(21)22)11-7-10-14-8-5-4-6-9-14;1-17(2,3)23-16(21)18-13(9-10-14(18)19)15(20)22-11-12-7-5-4-6-8-12/h4-15,21-22H,16-18H2,1-3H3;4-15,22-23H,16-19H2,1-3H3;4-6,8-9,15-16H,7,10-13H2,1-3H3,(H,21,22);4-8,13H,9-11H2,1-3H3/b2*15-10+;;/t21-,22+;22-,23+;15-,16+;13-/m1110/s1. The van der Waals surface area contributed by atoms with Gasteiger partial charge in [-0.3, -0.25) is 19.4 Å². The number of likely N-dealkylation sites (tertiary alicyclic amines) is 4. The van der Waals surface area contributed by atoms with Crippen LogP contribution in [0.25, 0.3) is 12.2 Å². The van der Waals surface area contributed by atoms with Gasteiger partial charge < -0.3 is 38.3 Å². The van der Waals surface area contributed by atoms with E-state index in [9.17, 15) is 53.1 Å². The molecule has 0 saturated carbocycles. The van der Waals surface area contributed by atoms with E-state index in [0.29, 0.717) is 32.4 Å². The lowest BCUT2D eigenvalue weighted by molar-refractivity contribution is -0.152. The predicted octanol–water partition coefficient (Wildman–Crippen LogP) is 16.8. The Morgan fingerprint density at radius 3 is 1.19 bits per heavy atom. The zero-order valence-electron chi connectivity index (χ0n) is 65.5. The maximum absolute atomic E-state index is 13.0. The summed E-state index contributed by atoms with van der Waals surface area (Å²) in [6.07, 6.45) is 11.1. The van der Waals surface area contributed by atoms with Crippen molar-refractivity contribution in [3.8, 4) is 0 Å². The molecule has 0 bridgehead atoms. The zero-order valence-corrected chi connectivity index (χ0v) is 65.5. The number of ether oxygens (including phenoxy) is 7. The first-order valence-corrected chi connectivity index (χ1v) is 37.5. The number of hydrogen-bond acceptors (Lipinski definition) is 17. The van der Waals surface area contributed by atoms with Crippen molar-refractivity contribution in [2.75, 3.05) is 13.1 Å². The smallest absolute Gasteiger partial charge is 0.417 e. The molecule has 0 unspecified atom stereocenters. The number of carbonyl (C=O) groups excluding carboxylic acids is 9. The molecule has 6 aromatic rings. The molecule has 0 aromatic heterocycles. The average Bonchev–Trinajstić information content (AvgIpc) is 1.66. The molecule has 22 nitrogen and oxygen atoms in total. The number of nitrogens with zero attached hydrogens (tertiary/aromatic N) is 4. The summed E-state index contributed by atoms with van der Waals surface area (Å²) in [5.74, 6) is -3.50. The minimum atomic E-state index is -1.00. The van der Waals surface area contributed by atoms with Crippen LogP contribution >= 0.6 is 0 Å². The lowest BCUT2D eigenvalue weighted by atomic mass is 9.97. The Morgan fingerprint density at radius 2 is 0.764 bits per heavy atom. The number of aliphatic carboxylic acids is 1. The Hall–Kier alpha value is -10.9. The number of allylic oxidation sites excluding steroid dienone is 2. The van der Waals surface area contributed by atoms with Crippen LogP contribution < -0.4 is 0 Å². The highest BCUT2D eigenvalue weighted by Crippen LogP contribution is 2.34. The van der Waals surface area contributed by atoms with Gasteiger partial charge >= 0.3 is 48.3 Å². The summed E-state index contributed by atoms with van der Waals surface area (Å²) in [5.41, 5.74) is 3.25. The van der Waals surface area contributed by atoms with E-state index in [1.165, 1.54) is 15.4 Å². The van der Waals surface area contributed by atoms with Gasteiger partial charge in [0.05, 0.1) is 0 Å². The van der Waals surface area contributed by atoms with Crippen molar-refractivity contribution in [2.45, 2.75) is 214 Å². The van der Waals surface area contributed by atoms with Crippen molar-refractivity contribution in [3.63, 3.8) is 0 Å². The Morgan fingerprint density at radius 1 is 0.409 bits per heavy atom. The van der Waals surface area contributed by atoms with Gasteiger partial charge in [0.2, 0.25) is 11.8 Å². The Labute approximate surface area is 647 Å². The van der Waals surface area contributed by atoms with Crippen molar-refractivity contribution >= 4 is 72.2 Å². The van der Waals surface area contributed by atoms with E-state index >= 15 is 0 Å². The maximum atomic E-state index is 13.0. The molecular weight excluding hydrogens is 1400 g/mol. The van der Waals surface area contributed by atoms with E-state index in [1.807, 2.05) is 203 Å². The minimum absolute atomic E-state index is 0.0745. The van der Waals surface area contributed by atoms with Crippen LogP contribution in [0.4, 0.5) is 19.2 Å². The third kappa shape index (κ3) is 29.2. The molecule has 4 aliphatic rings. The number of carboxylic acid groups (broad SMARTS) is 1. The average molecular weight is 1510 g/mol. The SMILES string of the molecule is CC(C)(C)OC(=O)N1C(=O)CC[C@H]1C(=O)OCc1ccccc1.CC(C)(C)OC(=O)N1C(=O)[C@H](C/C=C/c2ccccc2)C[C@H]1C(=O)OCc1ccccc1.CC(C)(C)OC(=O)N1C[C@H](C/C=C/c2ccccc2)C[C@H]1C(=O)OCc1ccccc1.CC(C)(C)OC(=O)N1C[C@H](CCCc2ccccc2)C[C@H]1C(=O)O. The van der Waals surface area contributed by atoms with Gasteiger partial charge in [-0.2, -0.15) is 0 Å². The summed E-state index contributed by atoms with van der Waals surface area (Å²) in [5, 5.41) is 9.40. The first-order valence-electron chi connectivity index (χ1n) is 37.5. The van der Waals surface area contributed by atoms with E-state index < -0.39 is 107 Å². The largest absolute Gasteiger partial charge is 0.480 e. The number of esters is 3. The molecule has 4 heterocycles. The van der Waals surface area contributed by atoms with Gasteiger partial charge in [-0.25, -0.2) is 48.2 Å². The van der Waals surface area contributed by atoms with Crippen LogP contribution in [0.15, 0.2) is 194 Å². The van der Waals surface area contributed by atoms with Crippen LogP contribution in [-0.4, -0.2) is 144 Å². The van der Waals surface area contributed by atoms with E-state index in [1.54, 1.807) is 62.3 Å². The molecular formula is C88H108N4O18. The van der Waals surface area contributed by atoms with Gasteiger partial charge in [0.15, 0.2) is 0 Å². The van der Waals surface area contributed by atoms with Gasteiger partial charge in [0.1, 0.15) is 66.4 Å². The lowest BCUT2D eigenvalue weighted by Gasteiger charge is -2.27. The highest BCUT2D eigenvalue weighted by molar-refractivity contribution is 6.01. The lowest BCUT2D eigenvalue weighted by Crippen LogP contribution is -2.46. The fourth-order valence-corrected chi connectivity index (χ4v) is 12.5. The van der Waals surface area contributed by atoms with Crippen LogP contribution in [0.5, 0.6) is 0 Å². The summed E-state index contributed by atoms with van der Waals surface area (Å²) >= 11 is 0. The van der Waals surface area contributed by atoms with Crippen molar-refractivity contribution in [2.24, 2.45) is 17.8 Å². The van der Waals surface area contributed by atoms with Gasteiger partial charge in [-0.1, -0.05) is 206 Å². The van der Waals surface area contributed by atoms with E-state index in [0.717, 1.165) is 63.3 Å². The van der Waals surface area contributed by atoms with Crippen molar-refractivity contribution in [1.82, 2.24) is 19.6 Å². The second-order valence-corrected chi connectivity index (χ2v) is 31.5. The molecule has 110 heavy (non-hydrogen) atoms. The van der Waals surface area contributed by atoms with Gasteiger partial charge in [-0.05, 0) is 186 Å². The molecule has 6 aromatic carbocycles. The molecule has 22 heteroatoms. The van der Waals surface area contributed by atoms with E-state index in [-0.39, 0.29) is 56.9 Å². The van der Waals surface area contributed by atoms with Crippen LogP contribution in [0.3, 0.4) is 0 Å². The number of imide groups is 2. The molecule has 0 aliphatic carbocycles. The number of benzene rings is 6. The van der Waals surface area contributed by atoms with E-state index in [2.05, 4.69) is 24.3 Å². The maximum Gasteiger partial charge on any atom is 0.417 e. The third-order valence-electron chi connectivity index (χ3n) is 17.6. The quantitative estimate of drug-likeness (QED) is 0.0549. The fourth-order valence-electron chi connectivity index (χ4n) is 12.5. The molecule has 588 valence electrons. The molecule has 4 fully saturated rings. The Kier molecular flexibility index (Phi) is 32.2. The topological polar surface area (TPSA) is 268 Å². The Balaban J connectivity index is 0.000000206. The first-order chi connectivity index (χ1) is 52.1. The number of aryl methyl sites for hydroxylation is 1. The first kappa shape index (κ1) is 86.3. The second kappa shape index (κ2) is 41.1. The summed E-state index contributed by atoms with van der Waals surface area (Å²) < 4.78 is 37.7. The number of amides is 6. The molecule has 10 rings (SSSR count). The van der Waals surface area contributed by atoms with Crippen LogP contribution in [0.2, 0.25) is 0 Å². The van der Waals surface area contributed by atoms with Crippen LogP contribution in [0.1, 0.15) is 174 Å². The summed E-state index contributed by atoms with van der Waals surface area (Å²) in [7, 11) is 0. The molecule has 6 amide bonds. The number of rotatable bonds is 20. The van der Waals surface area contributed by atoms with Crippen molar-refractivity contribution in [1.29, 1.82) is 0 Å². The predicted molar refractivity (Wildman–Crippen MR) is 417 cm³/mol. The third-order valence-corrected chi connectivity index (χ3v) is 17.6. The second-order valence-electron chi connectivity index (χ2n) is 31.5. The molecule has 4 saturated heterocycles.